The molecule has 178 valence electrons. The number of nitrogens with one attached hydrogen (secondary N) is 2. The quantitative estimate of drug-likeness (QED) is 0.435. The molecule has 0 saturated heterocycles. The molecule has 2 amide bonds. The molecule has 2 atom stereocenters. The van der Waals surface area contributed by atoms with Crippen molar-refractivity contribution in [1.29, 1.82) is 0 Å². The molecular formula is C25H31F2N3O3. The number of carbonyl (C=O) groups is 2. The summed E-state index contributed by atoms with van der Waals surface area (Å²) in [6.07, 6.45) is 0.558. The molecule has 8 heteroatoms. The van der Waals surface area contributed by atoms with Gasteiger partial charge in [0.05, 0.1) is 23.0 Å². The predicted octanol–water partition coefficient (Wildman–Crippen LogP) is 5.92. The Hall–Kier alpha value is -3.16. The first-order chi connectivity index (χ1) is 15.5. The third kappa shape index (κ3) is 6.43. The first kappa shape index (κ1) is 24.5. The van der Waals surface area contributed by atoms with Crippen molar-refractivity contribution in [3.63, 3.8) is 0 Å². The summed E-state index contributed by atoms with van der Waals surface area (Å²) in [5.74, 6) is -2.21. The fourth-order valence-electron chi connectivity index (χ4n) is 4.02. The molecule has 0 bridgehead atoms. The molecule has 33 heavy (non-hydrogen) atoms. The zero-order valence-electron chi connectivity index (χ0n) is 19.4. The number of urea groups is 1. The van der Waals surface area contributed by atoms with Crippen molar-refractivity contribution in [2.75, 3.05) is 28.6 Å². The number of carboxylic acid groups (broad SMARTS) is 1. The summed E-state index contributed by atoms with van der Waals surface area (Å²) < 4.78 is 27.2. The van der Waals surface area contributed by atoms with Crippen LogP contribution in [0.15, 0.2) is 36.4 Å². The number of halogens is 2. The van der Waals surface area contributed by atoms with Gasteiger partial charge in [0, 0.05) is 19.2 Å². The molecular weight excluding hydrogens is 428 g/mol. The minimum Gasteiger partial charge on any atom is -0.481 e. The van der Waals surface area contributed by atoms with E-state index >= 15 is 0 Å². The summed E-state index contributed by atoms with van der Waals surface area (Å²) in [5.41, 5.74) is 2.03. The van der Waals surface area contributed by atoms with E-state index in [2.05, 4.69) is 43.2 Å². The lowest BCUT2D eigenvalue weighted by Crippen LogP contribution is -2.32. The van der Waals surface area contributed by atoms with Crippen LogP contribution in [0, 0.1) is 29.4 Å². The van der Waals surface area contributed by atoms with E-state index in [1.807, 2.05) is 12.1 Å². The molecule has 1 saturated carbocycles. The molecule has 0 spiro atoms. The zero-order chi connectivity index (χ0) is 24.3. The van der Waals surface area contributed by atoms with Gasteiger partial charge < -0.3 is 20.6 Å². The number of nitrogens with zero attached hydrogens (tertiary/aromatic N) is 1. The van der Waals surface area contributed by atoms with Crippen molar-refractivity contribution in [1.82, 2.24) is 0 Å². The SMILES string of the molecule is CC(C)CN(CC(C)C)c1ccc(C2CC2C(=O)O)cc1NC(=O)Nc1ccc(F)cc1F. The average molecular weight is 460 g/mol. The second-order valence-corrected chi connectivity index (χ2v) is 9.46. The standard InChI is InChI=1S/C25H31F2N3O3/c1-14(2)12-30(13-15(3)4)23-8-5-16(18-11-19(18)24(31)32)9-22(23)29-25(33)28-21-7-6-17(26)10-20(21)27/h5-10,14-15,18-19H,11-13H2,1-4H3,(H,31,32)(H2,28,29,33). The van der Waals surface area contributed by atoms with Gasteiger partial charge in [0.15, 0.2) is 0 Å². The van der Waals surface area contributed by atoms with E-state index in [4.69, 9.17) is 0 Å². The summed E-state index contributed by atoms with van der Waals surface area (Å²) in [4.78, 5) is 26.2. The molecule has 2 unspecified atom stereocenters. The number of rotatable bonds is 9. The predicted molar refractivity (Wildman–Crippen MR) is 126 cm³/mol. The van der Waals surface area contributed by atoms with Crippen molar-refractivity contribution < 1.29 is 23.5 Å². The molecule has 1 aliphatic carbocycles. The maximum atomic E-state index is 14.0. The van der Waals surface area contributed by atoms with Crippen LogP contribution in [0.2, 0.25) is 0 Å². The highest BCUT2D eigenvalue weighted by atomic mass is 19.1. The van der Waals surface area contributed by atoms with E-state index in [-0.39, 0.29) is 11.6 Å². The Balaban J connectivity index is 1.90. The first-order valence-corrected chi connectivity index (χ1v) is 11.2. The van der Waals surface area contributed by atoms with Gasteiger partial charge in [0.1, 0.15) is 11.6 Å². The number of hydrogen-bond acceptors (Lipinski definition) is 3. The van der Waals surface area contributed by atoms with Gasteiger partial charge in [-0.05, 0) is 54.0 Å². The van der Waals surface area contributed by atoms with Crippen molar-refractivity contribution >= 4 is 29.1 Å². The van der Waals surface area contributed by atoms with E-state index in [9.17, 15) is 23.5 Å². The van der Waals surface area contributed by atoms with Gasteiger partial charge in [0.25, 0.3) is 0 Å². The van der Waals surface area contributed by atoms with Crippen molar-refractivity contribution in [3.05, 3.63) is 53.6 Å². The number of benzene rings is 2. The third-order valence-electron chi connectivity index (χ3n) is 5.50. The van der Waals surface area contributed by atoms with Gasteiger partial charge in [-0.2, -0.15) is 0 Å². The van der Waals surface area contributed by atoms with E-state index in [0.717, 1.165) is 36.5 Å². The van der Waals surface area contributed by atoms with Crippen LogP contribution in [-0.4, -0.2) is 30.2 Å². The Kier molecular flexibility index (Phi) is 7.56. The summed E-state index contributed by atoms with van der Waals surface area (Å²) in [7, 11) is 0. The van der Waals surface area contributed by atoms with Gasteiger partial charge in [-0.25, -0.2) is 13.6 Å². The summed E-state index contributed by atoms with van der Waals surface area (Å²) in [5, 5.41) is 14.5. The van der Waals surface area contributed by atoms with Gasteiger partial charge in [-0.3, -0.25) is 4.79 Å². The lowest BCUT2D eigenvalue weighted by Gasteiger charge is -2.30. The maximum absolute atomic E-state index is 14.0. The molecule has 3 N–H and O–H groups in total. The summed E-state index contributed by atoms with van der Waals surface area (Å²) >= 11 is 0. The van der Waals surface area contributed by atoms with Crippen LogP contribution >= 0.6 is 0 Å². The largest absolute Gasteiger partial charge is 0.481 e. The smallest absolute Gasteiger partial charge is 0.323 e. The number of carboxylic acids is 1. The van der Waals surface area contributed by atoms with Gasteiger partial charge in [-0.15, -0.1) is 0 Å². The van der Waals surface area contributed by atoms with Crippen LogP contribution in [-0.2, 0) is 4.79 Å². The Morgan fingerprint density at radius 2 is 1.64 bits per heavy atom. The Morgan fingerprint density at radius 3 is 2.18 bits per heavy atom. The lowest BCUT2D eigenvalue weighted by atomic mass is 10.0. The summed E-state index contributed by atoms with van der Waals surface area (Å²) in [6, 6.07) is 7.89. The fourth-order valence-corrected chi connectivity index (χ4v) is 4.02. The highest BCUT2D eigenvalue weighted by Gasteiger charge is 2.44. The molecule has 0 radical (unpaired) electrons. The minimum atomic E-state index is -0.873. The third-order valence-corrected chi connectivity index (χ3v) is 5.50. The average Bonchev–Trinajstić information content (AvgIpc) is 3.50. The van der Waals surface area contributed by atoms with Crippen LogP contribution in [0.3, 0.4) is 0 Å². The number of amides is 2. The topological polar surface area (TPSA) is 81.7 Å². The van der Waals surface area contributed by atoms with E-state index in [0.29, 0.717) is 30.0 Å². The van der Waals surface area contributed by atoms with E-state index in [1.165, 1.54) is 0 Å². The number of anilines is 3. The van der Waals surface area contributed by atoms with Gasteiger partial charge in [-0.1, -0.05) is 33.8 Å². The second-order valence-electron chi connectivity index (χ2n) is 9.46. The second kappa shape index (κ2) is 10.2. The molecule has 2 aromatic carbocycles. The highest BCUT2D eigenvalue weighted by Crippen LogP contribution is 2.49. The number of carbonyl (C=O) groups excluding carboxylic acids is 1. The summed E-state index contributed by atoms with van der Waals surface area (Å²) in [6.45, 7) is 9.98. The molecule has 1 fully saturated rings. The molecule has 0 heterocycles. The zero-order valence-corrected chi connectivity index (χ0v) is 19.4. The first-order valence-electron chi connectivity index (χ1n) is 11.2. The lowest BCUT2D eigenvalue weighted by molar-refractivity contribution is -0.138. The number of aliphatic carboxylic acids is 1. The number of hydrogen-bond donors (Lipinski definition) is 3. The van der Waals surface area contributed by atoms with Gasteiger partial charge >= 0.3 is 12.0 Å². The molecule has 2 aromatic rings. The molecule has 3 rings (SSSR count). The highest BCUT2D eigenvalue weighted by molar-refractivity contribution is 6.02. The van der Waals surface area contributed by atoms with Crippen LogP contribution in [0.1, 0.15) is 45.6 Å². The van der Waals surface area contributed by atoms with Crippen LogP contribution < -0.4 is 15.5 Å². The molecule has 1 aliphatic rings. The van der Waals surface area contributed by atoms with Crippen molar-refractivity contribution in [2.24, 2.45) is 17.8 Å². The Morgan fingerprint density at radius 1 is 1.00 bits per heavy atom. The molecule has 0 aromatic heterocycles. The maximum Gasteiger partial charge on any atom is 0.323 e. The normalized spacial score (nSPS) is 17.2. The van der Waals surface area contributed by atoms with E-state index in [1.54, 1.807) is 6.07 Å². The molecule has 0 aliphatic heterocycles. The van der Waals surface area contributed by atoms with Crippen LogP contribution in [0.25, 0.3) is 0 Å². The van der Waals surface area contributed by atoms with Crippen molar-refractivity contribution in [3.8, 4) is 0 Å². The minimum absolute atomic E-state index is 0.0987. The Bertz CT molecular complexity index is 1020. The van der Waals surface area contributed by atoms with Gasteiger partial charge in [0.2, 0.25) is 0 Å². The van der Waals surface area contributed by atoms with Crippen molar-refractivity contribution in [2.45, 2.75) is 40.0 Å². The Labute approximate surface area is 193 Å². The van der Waals surface area contributed by atoms with Crippen LogP contribution in [0.5, 0.6) is 0 Å². The monoisotopic (exact) mass is 459 g/mol. The van der Waals surface area contributed by atoms with Crippen LogP contribution in [0.4, 0.5) is 30.6 Å². The molecule has 6 nitrogen and oxygen atoms in total. The fraction of sp³-hybridized carbons (Fsp3) is 0.440. The van der Waals surface area contributed by atoms with E-state index < -0.39 is 29.6 Å².